The number of thioether (sulfide) groups is 1. The highest BCUT2D eigenvalue weighted by atomic mass is 35.5. The number of methoxy groups -OCH3 is 1. The molecule has 1 saturated heterocycles. The van der Waals surface area contributed by atoms with Gasteiger partial charge >= 0.3 is 0 Å². The molecule has 0 bridgehead atoms. The van der Waals surface area contributed by atoms with Gasteiger partial charge in [-0.2, -0.15) is 11.8 Å². The van der Waals surface area contributed by atoms with Crippen molar-refractivity contribution < 1.29 is 14.3 Å². The summed E-state index contributed by atoms with van der Waals surface area (Å²) in [5, 5.41) is 3.39. The first kappa shape index (κ1) is 19.9. The molecule has 2 rings (SSSR count). The normalized spacial score (nSPS) is 17.0. The van der Waals surface area contributed by atoms with Crippen molar-refractivity contribution in [2.24, 2.45) is 0 Å². The van der Waals surface area contributed by atoms with E-state index in [1.54, 1.807) is 12.0 Å². The molecule has 1 aromatic carbocycles. The number of hydrogen-bond acceptors (Lipinski definition) is 5. The molecule has 23 heavy (non-hydrogen) atoms. The van der Waals surface area contributed by atoms with Gasteiger partial charge in [0, 0.05) is 37.6 Å². The van der Waals surface area contributed by atoms with E-state index < -0.39 is 0 Å². The lowest BCUT2D eigenvalue weighted by molar-refractivity contribution is -0.130. The maximum atomic E-state index is 12.1. The maximum absolute atomic E-state index is 12.1. The van der Waals surface area contributed by atoms with Crippen molar-refractivity contribution in [3.63, 3.8) is 0 Å². The molecular formula is C16H25ClN2O3S. The number of carbonyl (C=O) groups is 1. The number of halogens is 1. The molecule has 130 valence electrons. The summed E-state index contributed by atoms with van der Waals surface area (Å²) in [4.78, 5) is 13.9. The molecule has 1 N–H and O–H groups in total. The van der Waals surface area contributed by atoms with Gasteiger partial charge in [-0.1, -0.05) is 0 Å². The summed E-state index contributed by atoms with van der Waals surface area (Å²) in [5.41, 5.74) is 0. The van der Waals surface area contributed by atoms with Crippen molar-refractivity contribution in [1.29, 1.82) is 0 Å². The van der Waals surface area contributed by atoms with E-state index in [0.29, 0.717) is 25.6 Å². The average Bonchev–Trinajstić information content (AvgIpc) is 2.56. The molecule has 1 amide bonds. The first-order valence-corrected chi connectivity index (χ1v) is 8.66. The minimum Gasteiger partial charge on any atom is -0.497 e. The number of rotatable bonds is 7. The zero-order valence-electron chi connectivity index (χ0n) is 13.6. The van der Waals surface area contributed by atoms with Crippen molar-refractivity contribution >= 4 is 30.1 Å². The highest BCUT2D eigenvalue weighted by Crippen LogP contribution is 2.17. The maximum Gasteiger partial charge on any atom is 0.224 e. The third-order valence-electron chi connectivity index (χ3n) is 3.60. The molecule has 1 atom stereocenters. The van der Waals surface area contributed by atoms with Crippen molar-refractivity contribution in [2.45, 2.75) is 12.5 Å². The molecule has 0 radical (unpaired) electrons. The molecule has 1 unspecified atom stereocenters. The molecule has 1 heterocycles. The van der Waals surface area contributed by atoms with Crippen LogP contribution in [-0.4, -0.2) is 62.2 Å². The van der Waals surface area contributed by atoms with Gasteiger partial charge in [0.1, 0.15) is 18.1 Å². The molecule has 0 aromatic heterocycles. The number of benzene rings is 1. The number of nitrogens with one attached hydrogen (secondary N) is 1. The van der Waals surface area contributed by atoms with E-state index in [4.69, 9.17) is 9.47 Å². The summed E-state index contributed by atoms with van der Waals surface area (Å²) in [6.07, 6.45) is 0.562. The van der Waals surface area contributed by atoms with E-state index >= 15 is 0 Å². The summed E-state index contributed by atoms with van der Waals surface area (Å²) in [7, 11) is 3.46. The van der Waals surface area contributed by atoms with E-state index in [2.05, 4.69) is 5.32 Å². The Balaban J connectivity index is 0.00000264. The van der Waals surface area contributed by atoms with Crippen LogP contribution in [0.4, 0.5) is 0 Å². The van der Waals surface area contributed by atoms with Gasteiger partial charge < -0.3 is 19.7 Å². The Kier molecular flexibility index (Phi) is 9.21. The Hall–Kier alpha value is -1.11. The van der Waals surface area contributed by atoms with E-state index in [1.165, 1.54) is 0 Å². The monoisotopic (exact) mass is 360 g/mol. The van der Waals surface area contributed by atoms with Gasteiger partial charge in [0.15, 0.2) is 0 Å². The largest absolute Gasteiger partial charge is 0.497 e. The lowest BCUT2D eigenvalue weighted by atomic mass is 10.2. The average molecular weight is 361 g/mol. The van der Waals surface area contributed by atoms with Crippen molar-refractivity contribution in [3.05, 3.63) is 24.3 Å². The molecule has 1 aromatic rings. The van der Waals surface area contributed by atoms with Crippen molar-refractivity contribution in [1.82, 2.24) is 10.2 Å². The van der Waals surface area contributed by atoms with Crippen LogP contribution in [0.5, 0.6) is 11.5 Å². The highest BCUT2D eigenvalue weighted by Gasteiger charge is 2.18. The van der Waals surface area contributed by atoms with Crippen LogP contribution < -0.4 is 14.8 Å². The van der Waals surface area contributed by atoms with Gasteiger partial charge in [-0.05, 0) is 24.3 Å². The third-order valence-corrected chi connectivity index (χ3v) is 4.73. The topological polar surface area (TPSA) is 50.8 Å². The number of amides is 1. The number of likely N-dealkylation sites (N-methyl/N-ethyl adjacent to an activating group) is 1. The minimum atomic E-state index is 0. The smallest absolute Gasteiger partial charge is 0.224 e. The van der Waals surface area contributed by atoms with Crippen LogP contribution in [0.3, 0.4) is 0 Å². The Labute approximate surface area is 148 Å². The van der Waals surface area contributed by atoms with Gasteiger partial charge in [-0.25, -0.2) is 0 Å². The van der Waals surface area contributed by atoms with Crippen LogP contribution in [-0.2, 0) is 4.79 Å². The molecule has 0 spiro atoms. The molecule has 1 aliphatic heterocycles. The second-order valence-electron chi connectivity index (χ2n) is 5.27. The highest BCUT2D eigenvalue weighted by molar-refractivity contribution is 7.99. The summed E-state index contributed by atoms with van der Waals surface area (Å²) in [6.45, 7) is 2.07. The molecule has 0 saturated carbocycles. The van der Waals surface area contributed by atoms with E-state index in [-0.39, 0.29) is 18.3 Å². The number of hydrogen-bond donors (Lipinski definition) is 1. The fourth-order valence-electron chi connectivity index (χ4n) is 2.21. The summed E-state index contributed by atoms with van der Waals surface area (Å²) in [6, 6.07) is 7.75. The number of nitrogens with zero attached hydrogens (tertiary/aromatic N) is 1. The zero-order chi connectivity index (χ0) is 15.8. The Morgan fingerprint density at radius 3 is 2.65 bits per heavy atom. The van der Waals surface area contributed by atoms with Gasteiger partial charge in [0.25, 0.3) is 0 Å². The van der Waals surface area contributed by atoms with Gasteiger partial charge in [0.05, 0.1) is 13.7 Å². The molecule has 1 aliphatic rings. The van der Waals surface area contributed by atoms with Crippen LogP contribution >= 0.6 is 24.2 Å². The molecular weight excluding hydrogens is 336 g/mol. The van der Waals surface area contributed by atoms with Crippen LogP contribution in [0, 0.1) is 0 Å². The Bertz CT molecular complexity index is 467. The Morgan fingerprint density at radius 2 is 2.04 bits per heavy atom. The van der Waals surface area contributed by atoms with Gasteiger partial charge in [-0.3, -0.25) is 4.79 Å². The first-order valence-electron chi connectivity index (χ1n) is 7.51. The predicted octanol–water partition coefficient (Wildman–Crippen LogP) is 2.05. The van der Waals surface area contributed by atoms with Crippen LogP contribution in [0.15, 0.2) is 24.3 Å². The second-order valence-corrected chi connectivity index (χ2v) is 6.42. The van der Waals surface area contributed by atoms with Crippen LogP contribution in [0.25, 0.3) is 0 Å². The summed E-state index contributed by atoms with van der Waals surface area (Å²) >= 11 is 1.91. The first-order chi connectivity index (χ1) is 10.7. The fourth-order valence-corrected chi connectivity index (χ4v) is 3.16. The number of carbonyl (C=O) groups excluding carboxylic acids is 1. The third kappa shape index (κ3) is 6.89. The van der Waals surface area contributed by atoms with E-state index in [0.717, 1.165) is 29.5 Å². The Morgan fingerprint density at radius 1 is 1.35 bits per heavy atom. The van der Waals surface area contributed by atoms with Gasteiger partial charge in [-0.15, -0.1) is 12.4 Å². The molecule has 0 aliphatic carbocycles. The van der Waals surface area contributed by atoms with Crippen molar-refractivity contribution in [3.8, 4) is 11.5 Å². The SMILES string of the molecule is COc1ccc(OCCN(C)C(=O)CC2CSCCN2)cc1.Cl. The summed E-state index contributed by atoms with van der Waals surface area (Å²) < 4.78 is 10.7. The standard InChI is InChI=1S/C16H24N2O3S.ClH/c1-18(16(19)11-13-12-22-10-7-17-13)8-9-21-15-5-3-14(20-2)4-6-15;/h3-6,13,17H,7-12H2,1-2H3;1H. The predicted molar refractivity (Wildman–Crippen MR) is 97.1 cm³/mol. The molecule has 7 heteroatoms. The fraction of sp³-hybridized carbons (Fsp3) is 0.562. The van der Waals surface area contributed by atoms with Gasteiger partial charge in [0.2, 0.25) is 5.91 Å². The molecule has 5 nitrogen and oxygen atoms in total. The van der Waals surface area contributed by atoms with Crippen LogP contribution in [0.1, 0.15) is 6.42 Å². The van der Waals surface area contributed by atoms with E-state index in [9.17, 15) is 4.79 Å². The van der Waals surface area contributed by atoms with E-state index in [1.807, 2.05) is 43.1 Å². The molecule has 1 fully saturated rings. The van der Waals surface area contributed by atoms with Crippen molar-refractivity contribution in [2.75, 3.05) is 45.4 Å². The minimum absolute atomic E-state index is 0. The second kappa shape index (κ2) is 10.6. The summed E-state index contributed by atoms with van der Waals surface area (Å²) in [5.74, 6) is 3.90. The number of ether oxygens (including phenoxy) is 2. The lowest BCUT2D eigenvalue weighted by Gasteiger charge is -2.25. The van der Waals surface area contributed by atoms with Crippen LogP contribution in [0.2, 0.25) is 0 Å². The quantitative estimate of drug-likeness (QED) is 0.806. The zero-order valence-corrected chi connectivity index (χ0v) is 15.3. The lowest BCUT2D eigenvalue weighted by Crippen LogP contribution is -2.42.